The molecule has 2 aromatic rings. The van der Waals surface area contributed by atoms with Crippen molar-refractivity contribution < 1.29 is 5.11 Å². The lowest BCUT2D eigenvalue weighted by atomic mass is 10.0. The molecule has 0 fully saturated rings. The topological polar surface area (TPSA) is 37.2 Å². The number of aryl methyl sites for hydroxylation is 2. The van der Waals surface area contributed by atoms with Gasteiger partial charge in [-0.2, -0.15) is 0 Å². The number of rotatable bonds is 6. The van der Waals surface area contributed by atoms with Crippen LogP contribution in [0, 0.1) is 6.92 Å². The third kappa shape index (κ3) is 3.05. The van der Waals surface area contributed by atoms with Crippen LogP contribution in [-0.2, 0) is 13.6 Å². The van der Waals surface area contributed by atoms with Crippen LogP contribution in [0.25, 0.3) is 10.9 Å². The highest BCUT2D eigenvalue weighted by Crippen LogP contribution is 2.24. The Labute approximate surface area is 121 Å². The second-order valence-corrected chi connectivity index (χ2v) is 6.00. The molecular formula is C17H26N2O. The van der Waals surface area contributed by atoms with Crippen molar-refractivity contribution in [3.05, 3.63) is 35.5 Å². The molecule has 1 atom stereocenters. The number of hydrogen-bond donors (Lipinski definition) is 2. The Bertz CT molecular complexity index is 545. The van der Waals surface area contributed by atoms with Crippen LogP contribution in [0.5, 0.6) is 0 Å². The molecule has 0 saturated carbocycles. The molecule has 1 heterocycles. The summed E-state index contributed by atoms with van der Waals surface area (Å²) >= 11 is 0. The molecule has 110 valence electrons. The van der Waals surface area contributed by atoms with Gasteiger partial charge in [-0.05, 0) is 31.9 Å². The highest BCUT2D eigenvalue weighted by atomic mass is 16.3. The highest BCUT2D eigenvalue weighted by molar-refractivity contribution is 5.85. The third-order valence-electron chi connectivity index (χ3n) is 4.09. The summed E-state index contributed by atoms with van der Waals surface area (Å²) in [6.07, 6.45) is 1.83. The summed E-state index contributed by atoms with van der Waals surface area (Å²) in [6, 6.07) is 8.48. The van der Waals surface area contributed by atoms with Gasteiger partial charge in [0.05, 0.1) is 5.60 Å². The summed E-state index contributed by atoms with van der Waals surface area (Å²) in [4.78, 5) is 0. The minimum absolute atomic E-state index is 0.618. The lowest BCUT2D eigenvalue weighted by Gasteiger charge is -2.23. The number of aliphatic hydroxyl groups is 1. The molecule has 3 heteroatoms. The second kappa shape index (κ2) is 5.98. The second-order valence-electron chi connectivity index (χ2n) is 6.00. The van der Waals surface area contributed by atoms with E-state index in [2.05, 4.69) is 55.0 Å². The highest BCUT2D eigenvalue weighted by Gasteiger charge is 2.19. The lowest BCUT2D eigenvalue weighted by Crippen LogP contribution is -2.37. The van der Waals surface area contributed by atoms with Gasteiger partial charge in [-0.15, -0.1) is 0 Å². The third-order valence-corrected chi connectivity index (χ3v) is 4.09. The van der Waals surface area contributed by atoms with Gasteiger partial charge in [-0.25, -0.2) is 0 Å². The first-order chi connectivity index (χ1) is 9.46. The fourth-order valence-corrected chi connectivity index (χ4v) is 2.96. The average Bonchev–Trinajstić information content (AvgIpc) is 2.64. The SMILES string of the molecule is CCCC(C)(O)CNCc1c(C)c2ccccc2n1C. The van der Waals surface area contributed by atoms with Gasteiger partial charge in [0.1, 0.15) is 0 Å². The molecule has 1 unspecified atom stereocenters. The molecule has 20 heavy (non-hydrogen) atoms. The van der Waals surface area contributed by atoms with E-state index in [1.165, 1.54) is 22.2 Å². The van der Waals surface area contributed by atoms with E-state index < -0.39 is 5.60 Å². The van der Waals surface area contributed by atoms with Gasteiger partial charge < -0.3 is 15.0 Å². The molecule has 0 aliphatic heterocycles. The van der Waals surface area contributed by atoms with Crippen LogP contribution in [0.2, 0.25) is 0 Å². The summed E-state index contributed by atoms with van der Waals surface area (Å²) in [7, 11) is 2.11. The van der Waals surface area contributed by atoms with E-state index in [0.29, 0.717) is 6.54 Å². The molecule has 0 bridgehead atoms. The normalized spacial score (nSPS) is 14.7. The maximum Gasteiger partial charge on any atom is 0.0743 e. The van der Waals surface area contributed by atoms with Gasteiger partial charge in [-0.1, -0.05) is 31.5 Å². The number of benzene rings is 1. The number of hydrogen-bond acceptors (Lipinski definition) is 2. The molecule has 2 N–H and O–H groups in total. The van der Waals surface area contributed by atoms with Gasteiger partial charge in [0.15, 0.2) is 0 Å². The summed E-state index contributed by atoms with van der Waals surface area (Å²) in [5.74, 6) is 0. The van der Waals surface area contributed by atoms with Crippen molar-refractivity contribution in [3.63, 3.8) is 0 Å². The van der Waals surface area contributed by atoms with Crippen LogP contribution < -0.4 is 5.32 Å². The van der Waals surface area contributed by atoms with Gasteiger partial charge in [0.25, 0.3) is 0 Å². The molecule has 2 rings (SSSR count). The molecule has 0 aliphatic rings. The number of nitrogens with one attached hydrogen (secondary N) is 1. The Hall–Kier alpha value is -1.32. The van der Waals surface area contributed by atoms with Crippen molar-refractivity contribution in [3.8, 4) is 0 Å². The molecule has 3 nitrogen and oxygen atoms in total. The van der Waals surface area contributed by atoms with Crippen LogP contribution in [0.4, 0.5) is 0 Å². The van der Waals surface area contributed by atoms with Crippen molar-refractivity contribution in [2.24, 2.45) is 7.05 Å². The Morgan fingerprint density at radius 1 is 1.30 bits per heavy atom. The predicted molar refractivity (Wildman–Crippen MR) is 84.9 cm³/mol. The van der Waals surface area contributed by atoms with Crippen LogP contribution in [0.3, 0.4) is 0 Å². The summed E-state index contributed by atoms with van der Waals surface area (Å²) < 4.78 is 2.24. The Balaban J connectivity index is 2.11. The fraction of sp³-hybridized carbons (Fsp3) is 0.529. The van der Waals surface area contributed by atoms with Crippen molar-refractivity contribution >= 4 is 10.9 Å². The molecule has 0 aliphatic carbocycles. The minimum Gasteiger partial charge on any atom is -0.389 e. The van der Waals surface area contributed by atoms with Gasteiger partial charge >= 0.3 is 0 Å². The maximum atomic E-state index is 10.2. The Kier molecular flexibility index (Phi) is 4.51. The van der Waals surface area contributed by atoms with E-state index in [4.69, 9.17) is 0 Å². The minimum atomic E-state index is -0.618. The van der Waals surface area contributed by atoms with Gasteiger partial charge in [-0.3, -0.25) is 0 Å². The maximum absolute atomic E-state index is 10.2. The largest absolute Gasteiger partial charge is 0.389 e. The zero-order valence-electron chi connectivity index (χ0n) is 13.0. The lowest BCUT2D eigenvalue weighted by molar-refractivity contribution is 0.0496. The van der Waals surface area contributed by atoms with E-state index in [1.54, 1.807) is 0 Å². The van der Waals surface area contributed by atoms with Gasteiger partial charge in [0, 0.05) is 36.7 Å². The van der Waals surface area contributed by atoms with Crippen molar-refractivity contribution in [1.82, 2.24) is 9.88 Å². The van der Waals surface area contributed by atoms with Crippen LogP contribution >= 0.6 is 0 Å². The Morgan fingerprint density at radius 2 is 2.00 bits per heavy atom. The smallest absolute Gasteiger partial charge is 0.0743 e. The quantitative estimate of drug-likeness (QED) is 0.849. The molecule has 0 spiro atoms. The Morgan fingerprint density at radius 3 is 2.65 bits per heavy atom. The predicted octanol–water partition coefficient (Wildman–Crippen LogP) is 3.13. The van der Waals surface area contributed by atoms with Crippen molar-refractivity contribution in [2.45, 2.75) is 45.8 Å². The molecular weight excluding hydrogens is 248 g/mol. The fourth-order valence-electron chi connectivity index (χ4n) is 2.96. The zero-order chi connectivity index (χ0) is 14.8. The molecule has 1 aromatic carbocycles. The molecule has 1 aromatic heterocycles. The summed E-state index contributed by atoms with van der Waals surface area (Å²) in [5, 5.41) is 14.9. The van der Waals surface area contributed by atoms with E-state index >= 15 is 0 Å². The molecule has 0 saturated heterocycles. The average molecular weight is 274 g/mol. The number of para-hydroxylation sites is 1. The first kappa shape index (κ1) is 15.1. The standard InChI is InChI=1S/C17H26N2O/c1-5-10-17(3,20)12-18-11-16-13(2)14-8-6-7-9-15(14)19(16)4/h6-9,18,20H,5,10-12H2,1-4H3. The van der Waals surface area contributed by atoms with Crippen LogP contribution in [0.1, 0.15) is 37.9 Å². The van der Waals surface area contributed by atoms with Crippen molar-refractivity contribution in [2.75, 3.05) is 6.54 Å². The monoisotopic (exact) mass is 274 g/mol. The zero-order valence-corrected chi connectivity index (χ0v) is 13.0. The molecule has 0 amide bonds. The first-order valence-corrected chi connectivity index (χ1v) is 7.42. The van der Waals surface area contributed by atoms with Crippen molar-refractivity contribution in [1.29, 1.82) is 0 Å². The van der Waals surface area contributed by atoms with E-state index in [-0.39, 0.29) is 0 Å². The number of nitrogens with zero attached hydrogens (tertiary/aromatic N) is 1. The van der Waals surface area contributed by atoms with Crippen LogP contribution in [-0.4, -0.2) is 21.8 Å². The van der Waals surface area contributed by atoms with Crippen LogP contribution in [0.15, 0.2) is 24.3 Å². The van der Waals surface area contributed by atoms with E-state index in [1.807, 2.05) is 6.92 Å². The van der Waals surface area contributed by atoms with E-state index in [0.717, 1.165) is 19.4 Å². The number of fused-ring (bicyclic) bond motifs is 1. The summed E-state index contributed by atoms with van der Waals surface area (Å²) in [6.45, 7) is 7.59. The summed E-state index contributed by atoms with van der Waals surface area (Å²) in [5.41, 5.74) is 3.26. The van der Waals surface area contributed by atoms with Gasteiger partial charge in [0.2, 0.25) is 0 Å². The van der Waals surface area contributed by atoms with E-state index in [9.17, 15) is 5.11 Å². The number of aromatic nitrogens is 1. The molecule has 0 radical (unpaired) electrons. The first-order valence-electron chi connectivity index (χ1n) is 7.42.